The van der Waals surface area contributed by atoms with Gasteiger partial charge in [0.05, 0.1) is 11.8 Å². The number of rotatable bonds is 8. The molecule has 1 N–H and O–H groups in total. The number of hydrogen-bond donors (Lipinski definition) is 1. The third-order valence-electron chi connectivity index (χ3n) is 10.1. The summed E-state index contributed by atoms with van der Waals surface area (Å²) in [4.78, 5) is 120. The second-order valence-electron chi connectivity index (χ2n) is 15.6. The summed E-state index contributed by atoms with van der Waals surface area (Å²) >= 11 is 0. The summed E-state index contributed by atoms with van der Waals surface area (Å²) in [5, 5.41) is 13.2. The molecule has 1 saturated heterocycles. The van der Waals surface area contributed by atoms with Crippen molar-refractivity contribution in [2.24, 2.45) is 23.2 Å². The SMILES string of the molecule is CC(=O)O[C@H]1[C@@H](OC(C)=O)C(C)(C)/C=C/[C@H](C)C(=O)[C@]2(O)[C@H]([C@@H](OC(C)=O)[C@](C)(OC(C)=O)[C@@H]2OC(C)=O)[C@H]2OC(=O)CC[C@@]2(OC(C)=O)[C@@H]1OC(=O)C(C)C. The molecule has 56 heavy (non-hydrogen) atoms. The standard InChI is InChI=1S/C38H52O18/c1-17(2)33(47)54-32-27(49-19(4)39)31(51-21(6)41)35(10,11)15-13-18(3)28(46)38(48)26(30-37(32,56-24(9)44)16-14-25(45)53-30)29(50-20(5)40)36(12,55-23(8)43)34(38)52-22(7)42/h13,15,17-18,26-27,29-32,34,48H,14,16H2,1-12H3/b15-13+/t18-,26+,27-,29+,30+,31+,32+,34-,36-,37-,38+/m0/s1. The Kier molecular flexibility index (Phi) is 13.6. The van der Waals surface area contributed by atoms with Crippen LogP contribution in [0.5, 0.6) is 0 Å². The average molecular weight is 797 g/mol. The van der Waals surface area contributed by atoms with E-state index < -0.39 is 143 Å². The van der Waals surface area contributed by atoms with Crippen LogP contribution in [-0.4, -0.2) is 112 Å². The Morgan fingerprint density at radius 2 is 1.25 bits per heavy atom. The van der Waals surface area contributed by atoms with Crippen molar-refractivity contribution in [3.8, 4) is 0 Å². The zero-order chi connectivity index (χ0) is 42.9. The molecule has 0 bridgehead atoms. The highest BCUT2D eigenvalue weighted by Gasteiger charge is 2.80. The number of carbonyl (C=O) groups excluding carboxylic acids is 9. The first-order valence-corrected chi connectivity index (χ1v) is 18.1. The predicted octanol–water partition coefficient (Wildman–Crippen LogP) is 1.77. The lowest BCUT2D eigenvalue weighted by Gasteiger charge is -2.53. The van der Waals surface area contributed by atoms with Gasteiger partial charge in [-0.25, -0.2) is 0 Å². The molecular weight excluding hydrogens is 744 g/mol. The summed E-state index contributed by atoms with van der Waals surface area (Å²) in [6, 6.07) is 0. The van der Waals surface area contributed by atoms with Crippen molar-refractivity contribution in [3.63, 3.8) is 0 Å². The summed E-state index contributed by atoms with van der Waals surface area (Å²) in [6.45, 7) is 14.2. The van der Waals surface area contributed by atoms with Crippen LogP contribution in [0.15, 0.2) is 12.2 Å². The molecule has 0 radical (unpaired) electrons. The van der Waals surface area contributed by atoms with Gasteiger partial charge in [-0.15, -0.1) is 0 Å². The van der Waals surface area contributed by atoms with Gasteiger partial charge < -0.3 is 43.0 Å². The van der Waals surface area contributed by atoms with Crippen LogP contribution in [0.25, 0.3) is 0 Å². The molecule has 0 unspecified atom stereocenters. The number of ketones is 1. The van der Waals surface area contributed by atoms with Crippen LogP contribution in [0, 0.1) is 23.2 Å². The van der Waals surface area contributed by atoms with Gasteiger partial charge in [0.1, 0.15) is 0 Å². The van der Waals surface area contributed by atoms with Gasteiger partial charge >= 0.3 is 47.8 Å². The average Bonchev–Trinajstić information content (AvgIpc) is 3.21. The topological polar surface area (TPSA) is 248 Å². The van der Waals surface area contributed by atoms with Crippen LogP contribution in [0.4, 0.5) is 0 Å². The van der Waals surface area contributed by atoms with Crippen molar-refractivity contribution >= 4 is 53.5 Å². The van der Waals surface area contributed by atoms with E-state index in [4.69, 9.17) is 37.9 Å². The summed E-state index contributed by atoms with van der Waals surface area (Å²) < 4.78 is 46.8. The minimum atomic E-state index is -3.16. The van der Waals surface area contributed by atoms with Crippen LogP contribution in [0.1, 0.15) is 95.9 Å². The third kappa shape index (κ3) is 8.89. The summed E-state index contributed by atoms with van der Waals surface area (Å²) in [5.41, 5.74) is -9.69. The highest BCUT2D eigenvalue weighted by molar-refractivity contribution is 5.93. The first kappa shape index (κ1) is 45.5. The molecule has 11 atom stereocenters. The Labute approximate surface area is 324 Å². The monoisotopic (exact) mass is 796 g/mol. The third-order valence-corrected chi connectivity index (χ3v) is 10.1. The number of ether oxygens (including phenoxy) is 8. The van der Waals surface area contributed by atoms with Gasteiger partial charge in [0, 0.05) is 65.7 Å². The second kappa shape index (κ2) is 16.7. The predicted molar refractivity (Wildman–Crippen MR) is 186 cm³/mol. The molecule has 2 aliphatic carbocycles. The lowest BCUT2D eigenvalue weighted by atomic mass is 9.66. The lowest BCUT2D eigenvalue weighted by Crippen LogP contribution is -2.72. The quantitative estimate of drug-likeness (QED) is 0.209. The highest BCUT2D eigenvalue weighted by Crippen LogP contribution is 2.56. The molecule has 0 aromatic carbocycles. The molecule has 3 rings (SSSR count). The molecule has 312 valence electrons. The normalized spacial score (nSPS) is 35.8. The Hall–Kier alpha value is -4.87. The van der Waals surface area contributed by atoms with Crippen molar-refractivity contribution in [1.82, 2.24) is 0 Å². The van der Waals surface area contributed by atoms with Crippen molar-refractivity contribution in [2.45, 2.75) is 149 Å². The number of esters is 8. The van der Waals surface area contributed by atoms with E-state index in [1.54, 1.807) is 0 Å². The molecule has 0 aromatic heterocycles. The van der Waals surface area contributed by atoms with Gasteiger partial charge in [-0.2, -0.15) is 0 Å². The zero-order valence-electron chi connectivity index (χ0n) is 33.7. The molecule has 1 saturated carbocycles. The van der Waals surface area contributed by atoms with E-state index in [0.29, 0.717) is 0 Å². The van der Waals surface area contributed by atoms with Crippen LogP contribution in [-0.2, 0) is 81.0 Å². The Bertz CT molecular complexity index is 1660. The molecule has 3 aliphatic rings. The minimum Gasteiger partial charge on any atom is -0.458 e. The second-order valence-corrected chi connectivity index (χ2v) is 15.6. The Balaban J connectivity index is 2.77. The van der Waals surface area contributed by atoms with Crippen LogP contribution in [0.2, 0.25) is 0 Å². The fraction of sp³-hybridized carbons (Fsp3) is 0.711. The highest BCUT2D eigenvalue weighted by atomic mass is 16.7. The largest absolute Gasteiger partial charge is 0.458 e. The van der Waals surface area contributed by atoms with E-state index in [9.17, 15) is 43.5 Å². The van der Waals surface area contributed by atoms with E-state index in [1.807, 2.05) is 0 Å². The molecule has 0 aromatic rings. The number of fused-ring (bicyclic) bond motifs is 3. The number of allylic oxidation sites excluding steroid dienone is 1. The summed E-state index contributed by atoms with van der Waals surface area (Å²) in [6.07, 6.45) is -10.7. The van der Waals surface area contributed by atoms with Crippen molar-refractivity contribution in [3.05, 3.63) is 12.2 Å². The van der Waals surface area contributed by atoms with E-state index in [-0.39, 0.29) is 0 Å². The molecule has 2 fully saturated rings. The van der Waals surface area contributed by atoms with Gasteiger partial charge in [0.2, 0.25) is 0 Å². The van der Waals surface area contributed by atoms with Gasteiger partial charge in [0.25, 0.3) is 0 Å². The van der Waals surface area contributed by atoms with Crippen LogP contribution < -0.4 is 0 Å². The van der Waals surface area contributed by atoms with Gasteiger partial charge in [-0.1, -0.05) is 46.8 Å². The number of carbonyl (C=O) groups is 9. The Morgan fingerprint density at radius 3 is 1.73 bits per heavy atom. The van der Waals surface area contributed by atoms with Crippen LogP contribution >= 0.6 is 0 Å². The number of hydrogen-bond acceptors (Lipinski definition) is 18. The molecule has 1 aliphatic heterocycles. The van der Waals surface area contributed by atoms with Crippen molar-refractivity contribution in [1.29, 1.82) is 0 Å². The van der Waals surface area contributed by atoms with Gasteiger partial charge in [0.15, 0.2) is 59.2 Å². The molecule has 1 heterocycles. The smallest absolute Gasteiger partial charge is 0.308 e. The maximum absolute atomic E-state index is 15.0. The van der Waals surface area contributed by atoms with E-state index in [0.717, 1.165) is 48.5 Å². The first-order chi connectivity index (χ1) is 25.6. The fourth-order valence-corrected chi connectivity index (χ4v) is 7.99. The molecule has 18 nitrogen and oxygen atoms in total. The van der Waals surface area contributed by atoms with Gasteiger partial charge in [-0.3, -0.25) is 43.2 Å². The number of aliphatic hydroxyl groups is 1. The Morgan fingerprint density at radius 1 is 0.732 bits per heavy atom. The lowest BCUT2D eigenvalue weighted by molar-refractivity contribution is -0.272. The first-order valence-electron chi connectivity index (χ1n) is 18.1. The molecule has 0 amide bonds. The van der Waals surface area contributed by atoms with E-state index in [2.05, 4.69) is 0 Å². The summed E-state index contributed by atoms with van der Waals surface area (Å²) in [5.74, 6) is -13.9. The molecule has 18 heteroatoms. The van der Waals surface area contributed by atoms with Crippen molar-refractivity contribution in [2.75, 3.05) is 0 Å². The van der Waals surface area contributed by atoms with E-state index in [1.165, 1.54) is 46.8 Å². The molecule has 0 spiro atoms. The van der Waals surface area contributed by atoms with Gasteiger partial charge in [-0.05, 0) is 6.92 Å². The number of Topliss-reactive ketones (excluding diaryl/α,β-unsaturated/α-hetero) is 1. The van der Waals surface area contributed by atoms with Crippen molar-refractivity contribution < 1.29 is 86.2 Å². The van der Waals surface area contributed by atoms with Crippen LogP contribution in [0.3, 0.4) is 0 Å². The maximum atomic E-state index is 15.0. The summed E-state index contributed by atoms with van der Waals surface area (Å²) in [7, 11) is 0. The maximum Gasteiger partial charge on any atom is 0.308 e. The molecular formula is C38H52O18. The minimum absolute atomic E-state index is 0.587. The van der Waals surface area contributed by atoms with E-state index >= 15 is 4.79 Å². The fourth-order valence-electron chi connectivity index (χ4n) is 7.99. The zero-order valence-corrected chi connectivity index (χ0v) is 33.7.